The van der Waals surface area contributed by atoms with Gasteiger partial charge in [0.1, 0.15) is 11.4 Å². The molecule has 0 N–H and O–H groups in total. The number of fused-ring (bicyclic) bond motifs is 3. The maximum atomic E-state index is 6.15. The molecule has 1 aromatic heterocycles. The predicted molar refractivity (Wildman–Crippen MR) is 72.9 cm³/mol. The SMILES string of the molecule is Cc1ccc2c(c1)OC(C)(C)c1cc(C)sc1-2. The minimum atomic E-state index is -0.221. The van der Waals surface area contributed by atoms with Crippen molar-refractivity contribution in [2.75, 3.05) is 0 Å². The molecule has 0 saturated carbocycles. The van der Waals surface area contributed by atoms with Gasteiger partial charge in [-0.25, -0.2) is 0 Å². The second-order valence-electron chi connectivity index (χ2n) is 5.21. The molecule has 0 aliphatic carbocycles. The fourth-order valence-electron chi connectivity index (χ4n) is 2.39. The van der Waals surface area contributed by atoms with Gasteiger partial charge in [-0.1, -0.05) is 6.07 Å². The maximum Gasteiger partial charge on any atom is 0.130 e. The Bertz CT molecular complexity index is 593. The number of rotatable bonds is 0. The summed E-state index contributed by atoms with van der Waals surface area (Å²) in [6, 6.07) is 8.71. The molecule has 0 unspecified atom stereocenters. The van der Waals surface area contributed by atoms with Crippen molar-refractivity contribution in [2.45, 2.75) is 33.3 Å². The zero-order valence-corrected chi connectivity index (χ0v) is 11.4. The average Bonchev–Trinajstić information content (AvgIpc) is 2.60. The number of hydrogen-bond acceptors (Lipinski definition) is 2. The first-order valence-corrected chi connectivity index (χ1v) is 6.70. The van der Waals surface area contributed by atoms with Crippen LogP contribution in [0.1, 0.15) is 29.9 Å². The number of ether oxygens (including phenoxy) is 1. The van der Waals surface area contributed by atoms with E-state index < -0.39 is 0 Å². The van der Waals surface area contributed by atoms with Gasteiger partial charge < -0.3 is 4.74 Å². The Morgan fingerprint density at radius 2 is 1.88 bits per heavy atom. The molecule has 88 valence electrons. The Hall–Kier alpha value is -1.28. The Morgan fingerprint density at radius 3 is 2.65 bits per heavy atom. The van der Waals surface area contributed by atoms with Gasteiger partial charge in [0.2, 0.25) is 0 Å². The van der Waals surface area contributed by atoms with Crippen molar-refractivity contribution in [3.63, 3.8) is 0 Å². The lowest BCUT2D eigenvalue weighted by molar-refractivity contribution is 0.106. The van der Waals surface area contributed by atoms with Gasteiger partial charge in [0.15, 0.2) is 0 Å². The van der Waals surface area contributed by atoms with Crippen LogP contribution in [0.5, 0.6) is 5.75 Å². The Morgan fingerprint density at radius 1 is 1.12 bits per heavy atom. The minimum absolute atomic E-state index is 0.221. The highest BCUT2D eigenvalue weighted by atomic mass is 32.1. The molecular weight excluding hydrogens is 228 g/mol. The number of benzene rings is 1. The molecule has 2 heteroatoms. The van der Waals surface area contributed by atoms with Crippen molar-refractivity contribution in [3.8, 4) is 16.2 Å². The van der Waals surface area contributed by atoms with Crippen LogP contribution in [0, 0.1) is 13.8 Å². The highest BCUT2D eigenvalue weighted by Gasteiger charge is 2.34. The summed E-state index contributed by atoms with van der Waals surface area (Å²) in [7, 11) is 0. The highest BCUT2D eigenvalue weighted by Crippen LogP contribution is 2.48. The number of hydrogen-bond donors (Lipinski definition) is 0. The Kier molecular flexibility index (Phi) is 2.14. The number of thiophene rings is 1. The van der Waals surface area contributed by atoms with Crippen LogP contribution in [0.15, 0.2) is 24.3 Å². The van der Waals surface area contributed by atoms with Gasteiger partial charge in [0.05, 0.1) is 0 Å². The Labute approximate surface area is 106 Å². The van der Waals surface area contributed by atoms with Crippen LogP contribution in [-0.2, 0) is 5.60 Å². The predicted octanol–water partition coefficient (Wildman–Crippen LogP) is 4.66. The molecule has 3 rings (SSSR count). The number of aryl methyl sites for hydroxylation is 2. The van der Waals surface area contributed by atoms with Gasteiger partial charge >= 0.3 is 0 Å². The van der Waals surface area contributed by atoms with Crippen LogP contribution in [0.3, 0.4) is 0 Å². The molecule has 0 spiro atoms. The van der Waals surface area contributed by atoms with E-state index in [-0.39, 0.29) is 5.60 Å². The van der Waals surface area contributed by atoms with Crippen LogP contribution in [0.4, 0.5) is 0 Å². The van der Waals surface area contributed by atoms with Crippen LogP contribution >= 0.6 is 11.3 Å². The van der Waals surface area contributed by atoms with E-state index >= 15 is 0 Å². The molecular formula is C15H16OS. The van der Waals surface area contributed by atoms with Gasteiger partial charge in [-0.05, 0) is 51.5 Å². The topological polar surface area (TPSA) is 9.23 Å². The highest BCUT2D eigenvalue weighted by molar-refractivity contribution is 7.15. The summed E-state index contributed by atoms with van der Waals surface area (Å²) >= 11 is 1.86. The van der Waals surface area contributed by atoms with Gasteiger partial charge in [0, 0.05) is 20.9 Å². The Balaban J connectivity index is 2.31. The molecule has 0 saturated heterocycles. The average molecular weight is 244 g/mol. The van der Waals surface area contributed by atoms with E-state index in [9.17, 15) is 0 Å². The van der Waals surface area contributed by atoms with Crippen molar-refractivity contribution in [1.29, 1.82) is 0 Å². The van der Waals surface area contributed by atoms with E-state index in [1.807, 2.05) is 11.3 Å². The minimum Gasteiger partial charge on any atom is -0.482 e. The molecule has 0 fully saturated rings. The molecule has 0 amide bonds. The third-order valence-electron chi connectivity index (χ3n) is 3.25. The van der Waals surface area contributed by atoms with Gasteiger partial charge in [-0.3, -0.25) is 0 Å². The third-order valence-corrected chi connectivity index (χ3v) is 4.33. The van der Waals surface area contributed by atoms with E-state index in [1.54, 1.807) is 0 Å². The van der Waals surface area contributed by atoms with E-state index in [0.717, 1.165) is 5.75 Å². The van der Waals surface area contributed by atoms with Crippen molar-refractivity contribution < 1.29 is 4.74 Å². The molecule has 0 atom stereocenters. The molecule has 0 bridgehead atoms. The lowest BCUT2D eigenvalue weighted by Crippen LogP contribution is -2.28. The molecule has 1 aliphatic rings. The summed E-state index contributed by atoms with van der Waals surface area (Å²) in [5, 5.41) is 0. The first-order chi connectivity index (χ1) is 7.97. The summed E-state index contributed by atoms with van der Waals surface area (Å²) < 4.78 is 6.15. The monoisotopic (exact) mass is 244 g/mol. The lowest BCUT2D eigenvalue weighted by Gasteiger charge is -2.33. The zero-order valence-electron chi connectivity index (χ0n) is 10.6. The lowest BCUT2D eigenvalue weighted by atomic mass is 9.92. The largest absolute Gasteiger partial charge is 0.482 e. The molecule has 2 aromatic rings. The van der Waals surface area contributed by atoms with Gasteiger partial charge in [0.25, 0.3) is 0 Å². The van der Waals surface area contributed by atoms with Crippen molar-refractivity contribution in [1.82, 2.24) is 0 Å². The maximum absolute atomic E-state index is 6.15. The van der Waals surface area contributed by atoms with Crippen LogP contribution < -0.4 is 4.74 Å². The van der Waals surface area contributed by atoms with E-state index in [1.165, 1.54) is 26.4 Å². The zero-order chi connectivity index (χ0) is 12.2. The summed E-state index contributed by atoms with van der Waals surface area (Å²) in [5.41, 5.74) is 3.58. The molecule has 0 radical (unpaired) electrons. The van der Waals surface area contributed by atoms with E-state index in [2.05, 4.69) is 52.0 Å². The van der Waals surface area contributed by atoms with Crippen LogP contribution in [0.25, 0.3) is 10.4 Å². The fourth-order valence-corrected chi connectivity index (χ4v) is 3.58. The van der Waals surface area contributed by atoms with E-state index in [0.29, 0.717) is 0 Å². The summed E-state index contributed by atoms with van der Waals surface area (Å²) in [5.74, 6) is 1.02. The molecule has 1 aliphatic heterocycles. The normalized spacial score (nSPS) is 16.0. The molecule has 2 heterocycles. The summed E-state index contributed by atoms with van der Waals surface area (Å²) in [6.07, 6.45) is 0. The molecule has 1 aromatic carbocycles. The second-order valence-corrected chi connectivity index (χ2v) is 6.47. The van der Waals surface area contributed by atoms with Crippen molar-refractivity contribution >= 4 is 11.3 Å². The molecule has 17 heavy (non-hydrogen) atoms. The third kappa shape index (κ3) is 1.59. The smallest absolute Gasteiger partial charge is 0.130 e. The fraction of sp³-hybridized carbons (Fsp3) is 0.333. The summed E-state index contributed by atoms with van der Waals surface area (Å²) in [6.45, 7) is 8.55. The standard InChI is InChI=1S/C15H16OS/c1-9-5-6-11-13(7-9)16-15(3,4)12-8-10(2)17-14(11)12/h5-8H,1-4H3. The van der Waals surface area contributed by atoms with Gasteiger partial charge in [-0.15, -0.1) is 11.3 Å². The van der Waals surface area contributed by atoms with E-state index in [4.69, 9.17) is 4.74 Å². The first-order valence-electron chi connectivity index (χ1n) is 5.88. The quantitative estimate of drug-likeness (QED) is 0.655. The van der Waals surface area contributed by atoms with Crippen LogP contribution in [0.2, 0.25) is 0 Å². The second kappa shape index (κ2) is 3.36. The van der Waals surface area contributed by atoms with Crippen molar-refractivity contribution in [3.05, 3.63) is 40.3 Å². The van der Waals surface area contributed by atoms with Gasteiger partial charge in [-0.2, -0.15) is 0 Å². The van der Waals surface area contributed by atoms with Crippen LogP contribution in [-0.4, -0.2) is 0 Å². The first kappa shape index (κ1) is 10.8. The molecule has 1 nitrogen and oxygen atoms in total. The van der Waals surface area contributed by atoms with Crippen molar-refractivity contribution in [2.24, 2.45) is 0 Å². The summed E-state index contributed by atoms with van der Waals surface area (Å²) in [4.78, 5) is 2.72.